The van der Waals surface area contributed by atoms with Crippen LogP contribution >= 0.6 is 0 Å². The van der Waals surface area contributed by atoms with E-state index >= 15 is 0 Å². The van der Waals surface area contributed by atoms with Crippen molar-refractivity contribution in [2.75, 3.05) is 13.1 Å². The second kappa shape index (κ2) is 9.32. The number of carbonyl (C=O) groups is 1. The van der Waals surface area contributed by atoms with Crippen LogP contribution < -0.4 is 10.5 Å². The van der Waals surface area contributed by atoms with Gasteiger partial charge in [-0.05, 0) is 60.7 Å². The third-order valence-corrected chi connectivity index (χ3v) is 6.23. The van der Waals surface area contributed by atoms with Crippen LogP contribution in [0.2, 0.25) is 0 Å². The van der Waals surface area contributed by atoms with E-state index in [1.54, 1.807) is 41.3 Å². The lowest BCUT2D eigenvalue weighted by molar-refractivity contribution is -0.123. The summed E-state index contributed by atoms with van der Waals surface area (Å²) in [5.41, 5.74) is 6.46. The molecule has 0 bridgehead atoms. The number of amides is 1. The molecule has 2 fully saturated rings. The second-order valence-corrected chi connectivity index (χ2v) is 8.63. The van der Waals surface area contributed by atoms with Gasteiger partial charge in [0.1, 0.15) is 23.8 Å². The molecule has 2 aromatic rings. The van der Waals surface area contributed by atoms with Crippen LogP contribution in [0.4, 0.5) is 18.0 Å². The summed E-state index contributed by atoms with van der Waals surface area (Å²) in [6.45, 7) is -0.369. The van der Waals surface area contributed by atoms with Crippen LogP contribution in [0.25, 0.3) is 0 Å². The zero-order valence-electron chi connectivity index (χ0n) is 17.8. The number of hydrogen-bond acceptors (Lipinski definition) is 5. The number of nitriles is 1. The summed E-state index contributed by atoms with van der Waals surface area (Å²) in [4.78, 5) is 12.8. The number of alkyl halides is 2. The summed E-state index contributed by atoms with van der Waals surface area (Å²) in [7, 11) is 0. The quantitative estimate of drug-likeness (QED) is 0.724. The van der Waals surface area contributed by atoms with Gasteiger partial charge in [0, 0.05) is 12.6 Å². The lowest BCUT2D eigenvalue weighted by atomic mass is 9.96. The molecule has 2 aliphatic rings. The summed E-state index contributed by atoms with van der Waals surface area (Å²) in [5.74, 6) is -2.89. The summed E-state index contributed by atoms with van der Waals surface area (Å²) in [6, 6.07) is 14.4. The normalized spacial score (nSPS) is 27.0. The first-order valence-electron chi connectivity index (χ1n) is 10.7. The second-order valence-electron chi connectivity index (χ2n) is 8.63. The average Bonchev–Trinajstić information content (AvgIpc) is 3.17. The number of nitrogens with two attached hydrogens (primary N) is 1. The fraction of sp³-hybridized carbons (Fsp3) is 0.417. The zero-order chi connectivity index (χ0) is 23.6. The molecule has 1 aliphatic carbocycles. The number of nitrogens with zero attached hydrogens (tertiary/aromatic N) is 2. The molecule has 6 nitrogen and oxygen atoms in total. The molecule has 0 spiro atoms. The maximum absolute atomic E-state index is 14.5. The van der Waals surface area contributed by atoms with E-state index in [4.69, 9.17) is 20.5 Å². The van der Waals surface area contributed by atoms with E-state index in [2.05, 4.69) is 0 Å². The maximum Gasteiger partial charge on any atom is 0.404 e. The number of likely N-dealkylation sites (tertiary alicyclic amines) is 1. The first-order chi connectivity index (χ1) is 15.7. The average molecular weight is 459 g/mol. The third kappa shape index (κ3) is 5.57. The highest BCUT2D eigenvalue weighted by atomic mass is 19.3. The molecule has 1 amide bonds. The Hall–Kier alpha value is -3.25. The number of primary amides is 1. The van der Waals surface area contributed by atoms with Gasteiger partial charge in [-0.1, -0.05) is 12.1 Å². The lowest BCUT2D eigenvalue weighted by Crippen LogP contribution is -2.56. The fourth-order valence-electron chi connectivity index (χ4n) is 4.86. The Labute approximate surface area is 189 Å². The van der Waals surface area contributed by atoms with E-state index in [1.165, 1.54) is 12.1 Å². The molecule has 2 N–H and O–H groups in total. The van der Waals surface area contributed by atoms with Crippen molar-refractivity contribution in [3.8, 4) is 11.8 Å². The fourth-order valence-corrected chi connectivity index (χ4v) is 4.86. The summed E-state index contributed by atoms with van der Waals surface area (Å²) < 4.78 is 53.6. The molecule has 33 heavy (non-hydrogen) atoms. The van der Waals surface area contributed by atoms with E-state index < -0.39 is 37.2 Å². The van der Waals surface area contributed by atoms with Gasteiger partial charge in [0.25, 0.3) is 5.92 Å². The van der Waals surface area contributed by atoms with Gasteiger partial charge in [0.2, 0.25) is 0 Å². The Morgan fingerprint density at radius 3 is 2.45 bits per heavy atom. The van der Waals surface area contributed by atoms with Crippen molar-refractivity contribution < 1.29 is 27.4 Å². The molecule has 174 valence electrons. The van der Waals surface area contributed by atoms with Gasteiger partial charge in [-0.25, -0.2) is 18.0 Å². The molecule has 2 aromatic carbocycles. The van der Waals surface area contributed by atoms with Crippen molar-refractivity contribution in [2.45, 2.75) is 49.4 Å². The van der Waals surface area contributed by atoms with Gasteiger partial charge in [0.15, 0.2) is 0 Å². The molecular formula is C24H24F3N3O3. The zero-order valence-corrected chi connectivity index (χ0v) is 17.8. The largest absolute Gasteiger partial charge is 0.489 e. The first kappa shape index (κ1) is 22.9. The van der Waals surface area contributed by atoms with E-state index in [1.807, 2.05) is 6.07 Å². The van der Waals surface area contributed by atoms with Crippen LogP contribution in [-0.2, 0) is 4.74 Å². The number of ether oxygens (including phenoxy) is 2. The molecule has 4 unspecified atom stereocenters. The highest BCUT2D eigenvalue weighted by Gasteiger charge is 2.48. The smallest absolute Gasteiger partial charge is 0.404 e. The molecule has 1 saturated carbocycles. The minimum absolute atomic E-state index is 0.0231. The molecule has 0 radical (unpaired) electrons. The lowest BCUT2D eigenvalue weighted by Gasteiger charge is -2.41. The van der Waals surface area contributed by atoms with E-state index in [9.17, 15) is 18.0 Å². The maximum atomic E-state index is 14.5. The first-order valence-corrected chi connectivity index (χ1v) is 10.7. The van der Waals surface area contributed by atoms with Crippen molar-refractivity contribution in [1.29, 1.82) is 5.26 Å². The van der Waals surface area contributed by atoms with Gasteiger partial charge in [-0.3, -0.25) is 4.90 Å². The number of benzene rings is 2. The number of rotatable bonds is 5. The predicted octanol–water partition coefficient (Wildman–Crippen LogP) is 4.20. The number of carbonyl (C=O) groups excluding carboxylic acids is 1. The topological polar surface area (TPSA) is 88.6 Å². The van der Waals surface area contributed by atoms with Crippen LogP contribution in [0.3, 0.4) is 0 Å². The van der Waals surface area contributed by atoms with Crippen LogP contribution in [0, 0.1) is 17.1 Å². The molecule has 4 atom stereocenters. The Kier molecular flexibility index (Phi) is 6.47. The summed E-state index contributed by atoms with van der Waals surface area (Å²) >= 11 is 0. The predicted molar refractivity (Wildman–Crippen MR) is 113 cm³/mol. The Bertz CT molecular complexity index is 1020. The minimum Gasteiger partial charge on any atom is -0.489 e. The van der Waals surface area contributed by atoms with Gasteiger partial charge in [-0.2, -0.15) is 5.26 Å². The molecular weight excluding hydrogens is 435 g/mol. The Morgan fingerprint density at radius 1 is 1.12 bits per heavy atom. The van der Waals surface area contributed by atoms with Crippen molar-refractivity contribution >= 4 is 6.09 Å². The van der Waals surface area contributed by atoms with Crippen LogP contribution in [0.15, 0.2) is 48.5 Å². The molecule has 9 heteroatoms. The van der Waals surface area contributed by atoms with Crippen LogP contribution in [-0.4, -0.2) is 48.3 Å². The minimum atomic E-state index is -3.05. The van der Waals surface area contributed by atoms with E-state index in [0.29, 0.717) is 24.2 Å². The molecule has 1 saturated heterocycles. The number of hydrogen-bond donors (Lipinski definition) is 1. The van der Waals surface area contributed by atoms with Crippen LogP contribution in [0.1, 0.15) is 36.3 Å². The standard InChI is InChI=1S/C24H24F3N3O3/c25-18-5-3-16(4-6-18)17-9-21(22(10-17)32-19-7-1-15(12-28)2-8-19)30-13-20(33-23(29)31)11-24(26,27)14-30/h1-8,17,20-22H,9-11,13-14H2,(H2,29,31). The number of halogens is 3. The highest BCUT2D eigenvalue weighted by Crippen LogP contribution is 2.41. The molecule has 4 rings (SSSR count). The highest BCUT2D eigenvalue weighted by molar-refractivity contribution is 5.64. The molecule has 1 heterocycles. The SMILES string of the molecule is N#Cc1ccc(OC2CC(c3ccc(F)cc3)CC2N2CC(OC(N)=O)CC(F)(F)C2)cc1. The van der Waals surface area contributed by atoms with Gasteiger partial charge in [-0.15, -0.1) is 0 Å². The van der Waals surface area contributed by atoms with Gasteiger partial charge >= 0.3 is 6.09 Å². The van der Waals surface area contributed by atoms with Gasteiger partial charge < -0.3 is 15.2 Å². The Morgan fingerprint density at radius 2 is 1.82 bits per heavy atom. The van der Waals surface area contributed by atoms with E-state index in [0.717, 1.165) is 5.56 Å². The molecule has 1 aliphatic heterocycles. The molecule has 0 aromatic heterocycles. The van der Waals surface area contributed by atoms with Gasteiger partial charge in [0.05, 0.1) is 24.6 Å². The van der Waals surface area contributed by atoms with Crippen molar-refractivity contribution in [2.24, 2.45) is 5.73 Å². The van der Waals surface area contributed by atoms with E-state index in [-0.39, 0.29) is 24.3 Å². The monoisotopic (exact) mass is 459 g/mol. The summed E-state index contributed by atoms with van der Waals surface area (Å²) in [6.07, 6.45) is -2.06. The van der Waals surface area contributed by atoms with Crippen LogP contribution in [0.5, 0.6) is 5.75 Å². The van der Waals surface area contributed by atoms with Crippen molar-refractivity contribution in [1.82, 2.24) is 4.90 Å². The number of piperidine rings is 1. The van der Waals surface area contributed by atoms with Crippen molar-refractivity contribution in [3.63, 3.8) is 0 Å². The third-order valence-electron chi connectivity index (χ3n) is 6.23. The summed E-state index contributed by atoms with van der Waals surface area (Å²) in [5, 5.41) is 9.00. The Balaban J connectivity index is 1.58. The van der Waals surface area contributed by atoms with Crippen molar-refractivity contribution in [3.05, 3.63) is 65.5 Å².